The molecule has 0 aliphatic heterocycles. The van der Waals surface area contributed by atoms with Gasteiger partial charge in [0.05, 0.1) is 4.92 Å². The van der Waals surface area contributed by atoms with Gasteiger partial charge in [-0.05, 0) is 0 Å². The van der Waals surface area contributed by atoms with Crippen LogP contribution >= 0.6 is 0 Å². The lowest BCUT2D eigenvalue weighted by molar-refractivity contribution is -0.384. The van der Waals surface area contributed by atoms with Crippen molar-refractivity contribution in [3.05, 3.63) is 52.2 Å². The van der Waals surface area contributed by atoms with E-state index in [-0.39, 0.29) is 17.0 Å². The molecule has 6 nitrogen and oxygen atoms in total. The molecule has 90 valence electrons. The fourth-order valence-electron chi connectivity index (χ4n) is 1.13. The minimum atomic E-state index is -0.529. The molecule has 1 rings (SSSR count). The van der Waals surface area contributed by atoms with Crippen molar-refractivity contribution in [2.45, 2.75) is 0 Å². The summed E-state index contributed by atoms with van der Waals surface area (Å²) in [6.07, 6.45) is 2.79. The van der Waals surface area contributed by atoms with E-state index < -0.39 is 4.92 Å². The Hall–Kier alpha value is -2.21. The number of hydrazine groups is 1. The molecule has 0 heterocycles. The topological polar surface area (TPSA) is 75.5 Å². The largest absolute Gasteiger partial charge is 0.327 e. The minimum absolute atomic E-state index is 0.0928. The lowest BCUT2D eigenvalue weighted by atomic mass is 10.1. The van der Waals surface area contributed by atoms with Crippen LogP contribution in [0.5, 0.6) is 0 Å². The van der Waals surface area contributed by atoms with E-state index in [4.69, 9.17) is 0 Å². The Morgan fingerprint density at radius 2 is 2.18 bits per heavy atom. The van der Waals surface area contributed by atoms with Crippen LogP contribution in [-0.2, 0) is 0 Å². The molecule has 0 saturated heterocycles. The molecular formula is C11H13N3O3. The average Bonchev–Trinajstić information content (AvgIpc) is 2.28. The van der Waals surface area contributed by atoms with Crippen molar-refractivity contribution in [2.75, 3.05) is 14.1 Å². The van der Waals surface area contributed by atoms with Crippen LogP contribution in [0.1, 0.15) is 10.4 Å². The van der Waals surface area contributed by atoms with Gasteiger partial charge in [0, 0.05) is 44.1 Å². The van der Waals surface area contributed by atoms with E-state index >= 15 is 0 Å². The summed E-state index contributed by atoms with van der Waals surface area (Å²) in [4.78, 5) is 21.6. The van der Waals surface area contributed by atoms with Gasteiger partial charge in [0.25, 0.3) is 5.69 Å². The summed E-state index contributed by atoms with van der Waals surface area (Å²) in [6, 6.07) is 5.62. The van der Waals surface area contributed by atoms with Crippen LogP contribution in [0.4, 0.5) is 5.69 Å². The maximum absolute atomic E-state index is 11.6. The van der Waals surface area contributed by atoms with Crippen LogP contribution in [0.2, 0.25) is 0 Å². The van der Waals surface area contributed by atoms with E-state index in [1.165, 1.54) is 36.5 Å². The molecule has 1 aromatic rings. The molecule has 0 aromatic heterocycles. The Balaban J connectivity index is 2.79. The Morgan fingerprint density at radius 3 is 2.76 bits per heavy atom. The van der Waals surface area contributed by atoms with Crippen LogP contribution in [0, 0.1) is 10.1 Å². The Bertz CT molecular complexity index is 455. The summed E-state index contributed by atoms with van der Waals surface area (Å²) in [5, 5.41) is 12.2. The summed E-state index contributed by atoms with van der Waals surface area (Å²) >= 11 is 0. The van der Waals surface area contributed by atoms with Gasteiger partial charge in [-0.1, -0.05) is 12.1 Å². The maximum atomic E-state index is 11.6. The first kappa shape index (κ1) is 12.9. The van der Waals surface area contributed by atoms with Gasteiger partial charge in [-0.25, -0.2) is 5.01 Å². The zero-order valence-electron chi connectivity index (χ0n) is 9.58. The molecule has 0 saturated carbocycles. The van der Waals surface area contributed by atoms with E-state index in [0.29, 0.717) is 0 Å². The number of ketones is 1. The number of benzene rings is 1. The summed E-state index contributed by atoms with van der Waals surface area (Å²) < 4.78 is 0. The normalized spacial score (nSPS) is 10.8. The molecule has 17 heavy (non-hydrogen) atoms. The van der Waals surface area contributed by atoms with Gasteiger partial charge < -0.3 is 5.43 Å². The third-order valence-corrected chi connectivity index (χ3v) is 1.91. The Kier molecular flexibility index (Phi) is 4.36. The van der Waals surface area contributed by atoms with Gasteiger partial charge in [-0.2, -0.15) is 0 Å². The molecule has 0 unspecified atom stereocenters. The molecule has 0 fully saturated rings. The first-order chi connectivity index (χ1) is 8.00. The predicted molar refractivity (Wildman–Crippen MR) is 63.4 cm³/mol. The molecule has 0 aliphatic rings. The Morgan fingerprint density at radius 1 is 1.47 bits per heavy atom. The highest BCUT2D eigenvalue weighted by atomic mass is 16.6. The van der Waals surface area contributed by atoms with Gasteiger partial charge in [-0.3, -0.25) is 14.9 Å². The molecule has 0 radical (unpaired) electrons. The lowest BCUT2D eigenvalue weighted by Crippen LogP contribution is -2.24. The van der Waals surface area contributed by atoms with Crippen molar-refractivity contribution in [2.24, 2.45) is 0 Å². The molecule has 0 aliphatic carbocycles. The van der Waals surface area contributed by atoms with E-state index in [1.54, 1.807) is 19.1 Å². The number of carbonyl (C=O) groups is 1. The third kappa shape index (κ3) is 4.04. The second-order valence-electron chi connectivity index (χ2n) is 3.53. The number of nitro groups is 1. The van der Waals surface area contributed by atoms with Gasteiger partial charge in [0.1, 0.15) is 0 Å². The molecule has 1 aromatic carbocycles. The van der Waals surface area contributed by atoms with Gasteiger partial charge in [0.2, 0.25) is 0 Å². The Labute approximate surface area is 98.7 Å². The van der Waals surface area contributed by atoms with E-state index in [1.807, 2.05) is 0 Å². The van der Waals surface area contributed by atoms with Crippen LogP contribution in [0.3, 0.4) is 0 Å². The minimum Gasteiger partial charge on any atom is -0.327 e. The van der Waals surface area contributed by atoms with Gasteiger partial charge in [-0.15, -0.1) is 0 Å². The van der Waals surface area contributed by atoms with E-state index in [9.17, 15) is 14.9 Å². The molecular weight excluding hydrogens is 222 g/mol. The average molecular weight is 235 g/mol. The summed E-state index contributed by atoms with van der Waals surface area (Å²) in [6.45, 7) is 0. The summed E-state index contributed by atoms with van der Waals surface area (Å²) in [5.41, 5.74) is 2.98. The van der Waals surface area contributed by atoms with E-state index in [2.05, 4.69) is 5.43 Å². The van der Waals surface area contributed by atoms with E-state index in [0.717, 1.165) is 0 Å². The number of nitrogens with one attached hydrogen (secondary N) is 1. The van der Waals surface area contributed by atoms with Crippen LogP contribution < -0.4 is 5.43 Å². The zero-order chi connectivity index (χ0) is 12.8. The monoisotopic (exact) mass is 235 g/mol. The number of allylic oxidation sites excluding steroid dienone is 1. The van der Waals surface area contributed by atoms with Crippen molar-refractivity contribution < 1.29 is 9.72 Å². The number of hydrogen-bond donors (Lipinski definition) is 1. The predicted octanol–water partition coefficient (Wildman–Crippen LogP) is 1.36. The van der Waals surface area contributed by atoms with Crippen molar-refractivity contribution >= 4 is 11.5 Å². The van der Waals surface area contributed by atoms with Crippen molar-refractivity contribution in [1.82, 2.24) is 10.4 Å². The highest BCUT2D eigenvalue weighted by molar-refractivity contribution is 6.04. The lowest BCUT2D eigenvalue weighted by Gasteiger charge is -2.07. The van der Waals surface area contributed by atoms with Crippen LogP contribution in [0.15, 0.2) is 36.5 Å². The van der Waals surface area contributed by atoms with Crippen molar-refractivity contribution in [3.8, 4) is 0 Å². The smallest absolute Gasteiger partial charge is 0.270 e. The molecule has 0 amide bonds. The number of rotatable bonds is 5. The number of carbonyl (C=O) groups excluding carboxylic acids is 1. The SMILES string of the molecule is CN(C)N/C=C\C(=O)c1cccc([N+](=O)[O-])c1. The summed E-state index contributed by atoms with van der Waals surface area (Å²) in [5.74, 6) is -0.289. The zero-order valence-corrected chi connectivity index (χ0v) is 9.58. The second-order valence-corrected chi connectivity index (χ2v) is 3.53. The standard InChI is InChI=1S/C11H13N3O3/c1-13(2)12-7-6-11(15)9-4-3-5-10(8-9)14(16)17/h3-8,12H,1-2H3/b7-6-. The highest BCUT2D eigenvalue weighted by Gasteiger charge is 2.08. The second kappa shape index (κ2) is 5.76. The van der Waals surface area contributed by atoms with Gasteiger partial charge >= 0.3 is 0 Å². The number of hydrogen-bond acceptors (Lipinski definition) is 5. The quantitative estimate of drug-likeness (QED) is 0.361. The first-order valence-corrected chi connectivity index (χ1v) is 4.89. The molecule has 6 heteroatoms. The number of nitro benzene ring substituents is 1. The fraction of sp³-hybridized carbons (Fsp3) is 0.182. The number of non-ortho nitro benzene ring substituents is 1. The van der Waals surface area contributed by atoms with Crippen molar-refractivity contribution in [1.29, 1.82) is 0 Å². The van der Waals surface area contributed by atoms with Crippen LogP contribution in [0.25, 0.3) is 0 Å². The molecule has 1 N–H and O–H groups in total. The molecule has 0 spiro atoms. The number of nitrogens with zero attached hydrogens (tertiary/aromatic N) is 2. The fourth-order valence-corrected chi connectivity index (χ4v) is 1.13. The summed E-state index contributed by atoms with van der Waals surface area (Å²) in [7, 11) is 3.56. The molecule has 0 atom stereocenters. The maximum Gasteiger partial charge on any atom is 0.270 e. The van der Waals surface area contributed by atoms with Crippen LogP contribution in [-0.4, -0.2) is 29.8 Å². The van der Waals surface area contributed by atoms with Crippen molar-refractivity contribution in [3.63, 3.8) is 0 Å². The van der Waals surface area contributed by atoms with Gasteiger partial charge in [0.15, 0.2) is 5.78 Å². The first-order valence-electron chi connectivity index (χ1n) is 4.89. The molecule has 0 bridgehead atoms. The highest BCUT2D eigenvalue weighted by Crippen LogP contribution is 2.13. The third-order valence-electron chi connectivity index (χ3n) is 1.91.